The minimum Gasteiger partial charge on any atom is -0.466 e. The molecular weight excluding hydrogens is 276 g/mol. The van der Waals surface area contributed by atoms with E-state index in [1.54, 1.807) is 16.0 Å². The van der Waals surface area contributed by atoms with Gasteiger partial charge in [-0.3, -0.25) is 0 Å². The molecule has 1 atom stereocenters. The van der Waals surface area contributed by atoms with Crippen molar-refractivity contribution in [2.24, 2.45) is 0 Å². The molecular formula is C13H14N4O2S. The van der Waals surface area contributed by atoms with Gasteiger partial charge in [-0.15, -0.1) is 11.3 Å². The predicted molar refractivity (Wildman–Crippen MR) is 75.4 cm³/mol. The summed E-state index contributed by atoms with van der Waals surface area (Å²) in [5.74, 6) is 0.307. The third-order valence-electron chi connectivity index (χ3n) is 3.25. The molecule has 1 N–H and O–H groups in total. The Labute approximate surface area is 120 Å². The van der Waals surface area contributed by atoms with Crippen LogP contribution in [0.25, 0.3) is 0 Å². The quantitative estimate of drug-likeness (QED) is 0.878. The van der Waals surface area contributed by atoms with Gasteiger partial charge in [0.2, 0.25) is 5.95 Å². The molecule has 0 unspecified atom stereocenters. The molecule has 0 saturated heterocycles. The molecule has 1 aliphatic heterocycles. The van der Waals surface area contributed by atoms with Crippen molar-refractivity contribution in [1.29, 1.82) is 0 Å². The maximum atomic E-state index is 12.2. The number of allylic oxidation sites excluding steroid dienone is 1. The van der Waals surface area contributed by atoms with Crippen LogP contribution >= 0.6 is 11.3 Å². The number of fused-ring (bicyclic) bond motifs is 1. The van der Waals surface area contributed by atoms with Gasteiger partial charge in [-0.1, -0.05) is 13.0 Å². The largest absolute Gasteiger partial charge is 0.466 e. The summed E-state index contributed by atoms with van der Waals surface area (Å²) < 4.78 is 6.67. The minimum absolute atomic E-state index is 0.281. The molecule has 0 amide bonds. The average Bonchev–Trinajstić information content (AvgIpc) is 3.15. The van der Waals surface area contributed by atoms with Crippen molar-refractivity contribution in [3.8, 4) is 0 Å². The minimum atomic E-state index is -0.339. The number of rotatable bonds is 3. The van der Waals surface area contributed by atoms with E-state index < -0.39 is 0 Å². The van der Waals surface area contributed by atoms with Crippen LogP contribution in [0, 0.1) is 0 Å². The van der Waals surface area contributed by atoms with Gasteiger partial charge in [0.1, 0.15) is 12.4 Å². The van der Waals surface area contributed by atoms with Gasteiger partial charge >= 0.3 is 5.97 Å². The van der Waals surface area contributed by atoms with Crippen LogP contribution in [0.3, 0.4) is 0 Å². The van der Waals surface area contributed by atoms with Gasteiger partial charge in [-0.2, -0.15) is 10.1 Å². The van der Waals surface area contributed by atoms with Crippen molar-refractivity contribution in [2.75, 3.05) is 12.4 Å². The fraction of sp³-hybridized carbons (Fsp3) is 0.308. The highest BCUT2D eigenvalue weighted by molar-refractivity contribution is 7.10. The van der Waals surface area contributed by atoms with Crippen LogP contribution in [0.1, 0.15) is 24.3 Å². The molecule has 0 spiro atoms. The van der Waals surface area contributed by atoms with Crippen molar-refractivity contribution in [3.63, 3.8) is 0 Å². The zero-order chi connectivity index (χ0) is 14.1. The number of anilines is 1. The van der Waals surface area contributed by atoms with Crippen molar-refractivity contribution in [1.82, 2.24) is 14.8 Å². The summed E-state index contributed by atoms with van der Waals surface area (Å²) in [6.45, 7) is 1.99. The van der Waals surface area contributed by atoms with E-state index in [4.69, 9.17) is 4.74 Å². The molecule has 3 rings (SSSR count). The lowest BCUT2D eigenvalue weighted by Gasteiger charge is -2.27. The summed E-state index contributed by atoms with van der Waals surface area (Å²) in [4.78, 5) is 17.4. The SMILES string of the molecule is CCC1=C(C(=O)OC)[C@H](c2cccs2)n2ncnc2N1. The molecule has 0 aliphatic carbocycles. The lowest BCUT2D eigenvalue weighted by molar-refractivity contribution is -0.136. The summed E-state index contributed by atoms with van der Waals surface area (Å²) in [5, 5.41) is 9.37. The molecule has 20 heavy (non-hydrogen) atoms. The number of carbonyl (C=O) groups is 1. The summed E-state index contributed by atoms with van der Waals surface area (Å²) >= 11 is 1.58. The van der Waals surface area contributed by atoms with E-state index in [2.05, 4.69) is 15.4 Å². The van der Waals surface area contributed by atoms with Gasteiger partial charge in [0.25, 0.3) is 0 Å². The van der Waals surface area contributed by atoms with Gasteiger partial charge in [0, 0.05) is 10.6 Å². The fourth-order valence-corrected chi connectivity index (χ4v) is 3.17. The second-order valence-electron chi connectivity index (χ2n) is 4.31. The van der Waals surface area contributed by atoms with E-state index in [1.165, 1.54) is 13.4 Å². The third-order valence-corrected chi connectivity index (χ3v) is 4.18. The number of carbonyl (C=O) groups excluding carboxylic acids is 1. The highest BCUT2D eigenvalue weighted by Gasteiger charge is 2.35. The molecule has 2 aromatic rings. The van der Waals surface area contributed by atoms with Crippen LogP contribution in [0.4, 0.5) is 5.95 Å². The van der Waals surface area contributed by atoms with Gasteiger partial charge in [-0.05, 0) is 17.9 Å². The monoisotopic (exact) mass is 290 g/mol. The van der Waals surface area contributed by atoms with E-state index in [-0.39, 0.29) is 12.0 Å². The lowest BCUT2D eigenvalue weighted by Crippen LogP contribution is -2.29. The predicted octanol–water partition coefficient (Wildman–Crippen LogP) is 2.19. The van der Waals surface area contributed by atoms with Crippen LogP contribution < -0.4 is 5.32 Å². The molecule has 6 nitrogen and oxygen atoms in total. The van der Waals surface area contributed by atoms with Gasteiger partial charge in [-0.25, -0.2) is 9.48 Å². The zero-order valence-corrected chi connectivity index (χ0v) is 12.0. The van der Waals surface area contributed by atoms with E-state index >= 15 is 0 Å². The number of hydrogen-bond donors (Lipinski definition) is 1. The number of hydrogen-bond acceptors (Lipinski definition) is 6. The Kier molecular flexibility index (Phi) is 3.27. The Balaban J connectivity index is 2.19. The number of thiophene rings is 1. The Morgan fingerprint density at radius 1 is 1.60 bits per heavy atom. The summed E-state index contributed by atoms with van der Waals surface area (Å²) in [6, 6.07) is 3.66. The molecule has 7 heteroatoms. The van der Waals surface area contributed by atoms with Gasteiger partial charge in [0.15, 0.2) is 0 Å². The van der Waals surface area contributed by atoms with Crippen LogP contribution in [-0.2, 0) is 9.53 Å². The molecule has 0 saturated carbocycles. The van der Waals surface area contributed by atoms with E-state index in [9.17, 15) is 4.79 Å². The summed E-state index contributed by atoms with van der Waals surface area (Å²) in [7, 11) is 1.39. The number of esters is 1. The van der Waals surface area contributed by atoms with Crippen LogP contribution in [0.2, 0.25) is 0 Å². The average molecular weight is 290 g/mol. The highest BCUT2D eigenvalue weighted by Crippen LogP contribution is 2.37. The van der Waals surface area contributed by atoms with E-state index in [0.717, 1.165) is 10.6 Å². The Hall–Kier alpha value is -2.15. The van der Waals surface area contributed by atoms with E-state index in [0.29, 0.717) is 17.9 Å². The normalized spacial score (nSPS) is 17.6. The number of methoxy groups -OCH3 is 1. The molecule has 0 fully saturated rings. The summed E-state index contributed by atoms with van der Waals surface area (Å²) in [5.41, 5.74) is 1.42. The molecule has 1 aliphatic rings. The van der Waals surface area contributed by atoms with Crippen LogP contribution in [-0.4, -0.2) is 27.8 Å². The van der Waals surface area contributed by atoms with Gasteiger partial charge in [0.05, 0.1) is 12.7 Å². The first kappa shape index (κ1) is 12.9. The number of nitrogens with zero attached hydrogens (tertiary/aromatic N) is 3. The fourth-order valence-electron chi connectivity index (χ4n) is 2.35. The first-order chi connectivity index (χ1) is 9.76. The van der Waals surface area contributed by atoms with Crippen LogP contribution in [0.5, 0.6) is 0 Å². The second-order valence-corrected chi connectivity index (χ2v) is 5.29. The summed E-state index contributed by atoms with van der Waals surface area (Å²) in [6.07, 6.45) is 2.18. The standard InChI is InChI=1S/C13H14N4O2S/c1-3-8-10(12(18)19-2)11(9-5-4-6-20-9)17-13(16-8)14-7-15-17/h4-7,11H,3H2,1-2H3,(H,14,15,16)/t11-/m0/s1. The Morgan fingerprint density at radius 3 is 3.10 bits per heavy atom. The topological polar surface area (TPSA) is 69.0 Å². The van der Waals surface area contributed by atoms with Crippen LogP contribution in [0.15, 0.2) is 35.1 Å². The molecule has 0 radical (unpaired) electrons. The molecule has 2 aromatic heterocycles. The number of ether oxygens (including phenoxy) is 1. The Bertz CT molecular complexity index is 660. The van der Waals surface area contributed by atoms with Crippen molar-refractivity contribution in [2.45, 2.75) is 19.4 Å². The highest BCUT2D eigenvalue weighted by atomic mass is 32.1. The third kappa shape index (κ3) is 1.90. The van der Waals surface area contributed by atoms with Gasteiger partial charge < -0.3 is 10.1 Å². The van der Waals surface area contributed by atoms with E-state index in [1.807, 2.05) is 24.4 Å². The van der Waals surface area contributed by atoms with Crippen molar-refractivity contribution < 1.29 is 9.53 Å². The zero-order valence-electron chi connectivity index (χ0n) is 11.2. The molecule has 104 valence electrons. The number of nitrogens with one attached hydrogen (secondary N) is 1. The van der Waals surface area contributed by atoms with Crippen molar-refractivity contribution in [3.05, 3.63) is 40.0 Å². The first-order valence-corrected chi connectivity index (χ1v) is 7.15. The smallest absolute Gasteiger partial charge is 0.338 e. The first-order valence-electron chi connectivity index (χ1n) is 6.27. The lowest BCUT2D eigenvalue weighted by atomic mass is 10.00. The molecule has 0 bridgehead atoms. The maximum absolute atomic E-state index is 12.2. The molecule has 0 aromatic carbocycles. The Morgan fingerprint density at radius 2 is 2.45 bits per heavy atom. The maximum Gasteiger partial charge on any atom is 0.338 e. The van der Waals surface area contributed by atoms with Crippen molar-refractivity contribution >= 4 is 23.3 Å². The second kappa shape index (κ2) is 5.09. The molecule has 3 heterocycles. The number of aromatic nitrogens is 3.